The maximum absolute atomic E-state index is 13.3. The maximum Gasteiger partial charge on any atom is 0.249 e. The summed E-state index contributed by atoms with van der Waals surface area (Å²) >= 11 is 0. The Hall–Kier alpha value is -2.21. The summed E-state index contributed by atoms with van der Waals surface area (Å²) in [6.45, 7) is 2.88. The van der Waals surface area contributed by atoms with Crippen LogP contribution in [0.2, 0.25) is 0 Å². The lowest BCUT2D eigenvalue weighted by atomic mass is 9.91. The topological polar surface area (TPSA) is 71.3 Å². The van der Waals surface area contributed by atoms with Gasteiger partial charge in [-0.1, -0.05) is 35.5 Å². The number of benzene rings is 1. The molecule has 5 rings (SSSR count). The Morgan fingerprint density at radius 3 is 2.81 bits per heavy atom. The summed E-state index contributed by atoms with van der Waals surface area (Å²) in [6, 6.07) is 9.78. The van der Waals surface area contributed by atoms with Gasteiger partial charge in [-0.25, -0.2) is 0 Å². The van der Waals surface area contributed by atoms with E-state index < -0.39 is 0 Å². The van der Waals surface area contributed by atoms with Gasteiger partial charge in [0, 0.05) is 18.0 Å². The van der Waals surface area contributed by atoms with Gasteiger partial charge in [0.25, 0.3) is 0 Å². The highest BCUT2D eigenvalue weighted by Gasteiger charge is 2.59. The Bertz CT molecular complexity index is 813. The fourth-order valence-corrected chi connectivity index (χ4v) is 4.90. The zero-order valence-corrected chi connectivity index (χ0v) is 15.6. The van der Waals surface area contributed by atoms with Crippen LogP contribution < -0.4 is 5.32 Å². The number of hydrogen-bond donors (Lipinski definition) is 1. The van der Waals surface area contributed by atoms with Crippen LogP contribution in [0.25, 0.3) is 11.4 Å². The van der Waals surface area contributed by atoms with Gasteiger partial charge in [-0.2, -0.15) is 4.98 Å². The minimum atomic E-state index is -0.0735. The SMILES string of the molecule is O=C(C1CC12CCNCC2)N1CCCCC1c1nc(-c2ccccc2)no1. The Balaban J connectivity index is 1.35. The smallest absolute Gasteiger partial charge is 0.249 e. The standard InChI is InChI=1S/C21H26N4O2/c26-20(16-14-21(16)9-11-22-12-10-21)25-13-5-4-8-17(25)19-23-18(24-27-19)15-6-2-1-3-7-15/h1-3,6-7,16-17,22H,4-5,8-14H2. The summed E-state index contributed by atoms with van der Waals surface area (Å²) in [6.07, 6.45) is 6.36. The van der Waals surface area contributed by atoms with Crippen LogP contribution in [-0.2, 0) is 4.79 Å². The van der Waals surface area contributed by atoms with Crippen LogP contribution in [-0.4, -0.2) is 40.6 Å². The molecule has 1 saturated carbocycles. The Morgan fingerprint density at radius 2 is 2.00 bits per heavy atom. The first-order valence-corrected chi connectivity index (χ1v) is 10.2. The molecule has 6 nitrogen and oxygen atoms in total. The van der Waals surface area contributed by atoms with E-state index in [0.29, 0.717) is 17.6 Å². The number of nitrogens with one attached hydrogen (secondary N) is 1. The van der Waals surface area contributed by atoms with Gasteiger partial charge in [0.1, 0.15) is 6.04 Å². The molecule has 6 heteroatoms. The highest BCUT2D eigenvalue weighted by molar-refractivity contribution is 5.83. The van der Waals surface area contributed by atoms with Gasteiger partial charge in [-0.05, 0) is 57.0 Å². The van der Waals surface area contributed by atoms with Gasteiger partial charge >= 0.3 is 0 Å². The third kappa shape index (κ3) is 3.06. The monoisotopic (exact) mass is 366 g/mol. The lowest BCUT2D eigenvalue weighted by molar-refractivity contribution is -0.138. The van der Waals surface area contributed by atoms with E-state index in [4.69, 9.17) is 4.52 Å². The van der Waals surface area contributed by atoms with Crippen molar-refractivity contribution in [1.29, 1.82) is 0 Å². The molecule has 2 aromatic rings. The highest BCUT2D eigenvalue weighted by Crippen LogP contribution is 2.59. The van der Waals surface area contributed by atoms with Crippen molar-refractivity contribution in [2.24, 2.45) is 11.3 Å². The molecule has 1 N–H and O–H groups in total. The molecule has 2 atom stereocenters. The number of aromatic nitrogens is 2. The molecule has 2 aliphatic heterocycles. The third-order valence-corrected chi connectivity index (χ3v) is 6.63. The van der Waals surface area contributed by atoms with E-state index >= 15 is 0 Å². The molecule has 0 radical (unpaired) electrons. The number of hydrogen-bond acceptors (Lipinski definition) is 5. The summed E-state index contributed by atoms with van der Waals surface area (Å²) in [5, 5.41) is 7.58. The summed E-state index contributed by atoms with van der Waals surface area (Å²) in [5.74, 6) is 1.68. The third-order valence-electron chi connectivity index (χ3n) is 6.63. The van der Waals surface area contributed by atoms with Crippen LogP contribution in [0.5, 0.6) is 0 Å². The minimum absolute atomic E-state index is 0.0735. The zero-order chi connectivity index (χ0) is 18.3. The molecule has 3 fully saturated rings. The molecule has 27 heavy (non-hydrogen) atoms. The predicted octanol–water partition coefficient (Wildman–Crippen LogP) is 3.18. The summed E-state index contributed by atoms with van der Waals surface area (Å²) in [5.41, 5.74) is 1.20. The highest BCUT2D eigenvalue weighted by atomic mass is 16.5. The number of piperidine rings is 2. The van der Waals surface area contributed by atoms with E-state index in [1.54, 1.807) is 0 Å². The molecule has 3 heterocycles. The van der Waals surface area contributed by atoms with E-state index in [0.717, 1.165) is 63.7 Å². The molecule has 1 aromatic carbocycles. The normalized spacial score (nSPS) is 26.9. The zero-order valence-electron chi connectivity index (χ0n) is 15.6. The fourth-order valence-electron chi connectivity index (χ4n) is 4.90. The lowest BCUT2D eigenvalue weighted by Crippen LogP contribution is -2.41. The van der Waals surface area contributed by atoms with Crippen molar-refractivity contribution in [1.82, 2.24) is 20.4 Å². The Labute approximate surface area is 159 Å². The van der Waals surface area contributed by atoms with E-state index in [1.807, 2.05) is 35.2 Å². The van der Waals surface area contributed by atoms with Crippen molar-refractivity contribution in [3.63, 3.8) is 0 Å². The van der Waals surface area contributed by atoms with Gasteiger partial charge in [0.15, 0.2) is 0 Å². The van der Waals surface area contributed by atoms with Gasteiger partial charge in [-0.3, -0.25) is 4.79 Å². The summed E-state index contributed by atoms with van der Waals surface area (Å²) < 4.78 is 5.61. The van der Waals surface area contributed by atoms with Crippen molar-refractivity contribution in [2.75, 3.05) is 19.6 Å². The van der Waals surface area contributed by atoms with Crippen molar-refractivity contribution < 1.29 is 9.32 Å². The fraction of sp³-hybridized carbons (Fsp3) is 0.571. The maximum atomic E-state index is 13.3. The first kappa shape index (κ1) is 16.9. The lowest BCUT2D eigenvalue weighted by Gasteiger charge is -2.34. The summed E-state index contributed by atoms with van der Waals surface area (Å²) in [7, 11) is 0. The van der Waals surface area contributed by atoms with Gasteiger partial charge < -0.3 is 14.7 Å². The second-order valence-electron chi connectivity index (χ2n) is 8.23. The van der Waals surface area contributed by atoms with E-state index in [2.05, 4.69) is 15.5 Å². The van der Waals surface area contributed by atoms with Crippen LogP contribution in [0.1, 0.15) is 50.5 Å². The number of likely N-dealkylation sites (tertiary alicyclic amines) is 1. The number of amides is 1. The number of nitrogens with zero attached hydrogens (tertiary/aromatic N) is 3. The van der Waals surface area contributed by atoms with E-state index in [1.165, 1.54) is 0 Å². The molecule has 1 aliphatic carbocycles. The molecule has 142 valence electrons. The molecule has 1 spiro atoms. The molecular weight excluding hydrogens is 340 g/mol. The molecule has 2 unspecified atom stereocenters. The number of carbonyl (C=O) groups is 1. The Morgan fingerprint density at radius 1 is 1.19 bits per heavy atom. The predicted molar refractivity (Wildman–Crippen MR) is 101 cm³/mol. The van der Waals surface area contributed by atoms with Gasteiger partial charge in [-0.15, -0.1) is 0 Å². The van der Waals surface area contributed by atoms with Crippen molar-refractivity contribution in [3.8, 4) is 11.4 Å². The van der Waals surface area contributed by atoms with Gasteiger partial charge in [0.05, 0.1) is 0 Å². The summed E-state index contributed by atoms with van der Waals surface area (Å²) in [4.78, 5) is 20.0. The van der Waals surface area contributed by atoms with Gasteiger partial charge in [0.2, 0.25) is 17.6 Å². The average molecular weight is 366 g/mol. The number of rotatable bonds is 3. The van der Waals surface area contributed by atoms with E-state index in [9.17, 15) is 4.79 Å². The molecule has 3 aliphatic rings. The number of carbonyl (C=O) groups excluding carboxylic acids is 1. The van der Waals surface area contributed by atoms with Crippen LogP contribution >= 0.6 is 0 Å². The van der Waals surface area contributed by atoms with Crippen LogP contribution in [0.3, 0.4) is 0 Å². The van der Waals surface area contributed by atoms with Crippen molar-refractivity contribution in [3.05, 3.63) is 36.2 Å². The van der Waals surface area contributed by atoms with Crippen LogP contribution in [0.4, 0.5) is 0 Å². The molecular formula is C21H26N4O2. The minimum Gasteiger partial charge on any atom is -0.337 e. The van der Waals surface area contributed by atoms with E-state index in [-0.39, 0.29) is 17.4 Å². The first-order chi connectivity index (χ1) is 13.3. The van der Waals surface area contributed by atoms with Crippen LogP contribution in [0, 0.1) is 11.3 Å². The molecule has 2 saturated heterocycles. The quantitative estimate of drug-likeness (QED) is 0.903. The molecule has 1 amide bonds. The largest absolute Gasteiger partial charge is 0.337 e. The first-order valence-electron chi connectivity index (χ1n) is 10.2. The second-order valence-corrected chi connectivity index (χ2v) is 8.23. The molecule has 1 aromatic heterocycles. The molecule has 0 bridgehead atoms. The van der Waals surface area contributed by atoms with Crippen LogP contribution in [0.15, 0.2) is 34.9 Å². The average Bonchev–Trinajstić information content (AvgIpc) is 3.19. The Kier molecular flexibility index (Phi) is 4.23. The second kappa shape index (κ2) is 6.75. The van der Waals surface area contributed by atoms with Crippen molar-refractivity contribution >= 4 is 5.91 Å². The van der Waals surface area contributed by atoms with Crippen molar-refractivity contribution in [2.45, 2.75) is 44.6 Å².